The molecule has 0 saturated heterocycles. The Hall–Kier alpha value is -4.80. The van der Waals surface area contributed by atoms with Crippen molar-refractivity contribution in [1.29, 1.82) is 0 Å². The first-order valence-corrected chi connectivity index (χ1v) is 15.5. The molecule has 1 N–H and O–H groups in total. The predicted octanol–water partition coefficient (Wildman–Crippen LogP) is 7.43. The van der Waals surface area contributed by atoms with Crippen molar-refractivity contribution in [3.63, 3.8) is 0 Å². The van der Waals surface area contributed by atoms with Gasteiger partial charge < -0.3 is 19.4 Å². The molecular formula is C35H34FN3O5S. The highest BCUT2D eigenvalue weighted by Gasteiger charge is 2.24. The summed E-state index contributed by atoms with van der Waals surface area (Å²) >= 11 is 1.41. The van der Waals surface area contributed by atoms with Gasteiger partial charge in [0.05, 0.1) is 24.7 Å². The predicted molar refractivity (Wildman–Crippen MR) is 175 cm³/mol. The van der Waals surface area contributed by atoms with Crippen LogP contribution in [-0.2, 0) is 29.2 Å². The third-order valence-electron chi connectivity index (χ3n) is 7.20. The lowest BCUT2D eigenvalue weighted by molar-refractivity contribution is -0.115. The van der Waals surface area contributed by atoms with Crippen LogP contribution in [0.25, 0.3) is 20.7 Å². The van der Waals surface area contributed by atoms with E-state index in [1.165, 1.54) is 23.6 Å². The molecule has 5 rings (SSSR count). The fraction of sp³-hybridized carbons (Fsp3) is 0.229. The SMILES string of the molecule is CCOC(=O)Oc1cn(Cc2ccccc2F)c2sc(-c3ccc(NC(=O)CC)cc3)c(CN(C)Cc3ccccc3)c2c1=O. The molecule has 0 fully saturated rings. The number of amides is 1. The van der Waals surface area contributed by atoms with E-state index in [0.29, 0.717) is 41.0 Å². The second kappa shape index (κ2) is 14.3. The Morgan fingerprint density at radius 3 is 2.36 bits per heavy atom. The van der Waals surface area contributed by atoms with E-state index >= 15 is 0 Å². The van der Waals surface area contributed by atoms with Crippen LogP contribution in [-0.4, -0.2) is 35.2 Å². The van der Waals surface area contributed by atoms with Gasteiger partial charge in [-0.05, 0) is 48.9 Å². The van der Waals surface area contributed by atoms with Gasteiger partial charge in [-0.25, -0.2) is 9.18 Å². The molecular weight excluding hydrogens is 593 g/mol. The molecule has 0 radical (unpaired) electrons. The lowest BCUT2D eigenvalue weighted by Gasteiger charge is -2.18. The number of nitrogens with zero attached hydrogens (tertiary/aromatic N) is 2. The molecule has 0 aliphatic rings. The van der Waals surface area contributed by atoms with Crippen molar-refractivity contribution in [2.75, 3.05) is 19.0 Å². The van der Waals surface area contributed by atoms with Crippen molar-refractivity contribution in [1.82, 2.24) is 9.47 Å². The zero-order valence-corrected chi connectivity index (χ0v) is 26.2. The topological polar surface area (TPSA) is 89.9 Å². The molecule has 1 amide bonds. The van der Waals surface area contributed by atoms with Crippen molar-refractivity contribution < 1.29 is 23.5 Å². The first-order valence-electron chi connectivity index (χ1n) is 14.7. The number of thiophene rings is 1. The van der Waals surface area contributed by atoms with Gasteiger partial charge in [0.1, 0.15) is 10.6 Å². The van der Waals surface area contributed by atoms with Crippen LogP contribution in [0.5, 0.6) is 5.75 Å². The Bertz CT molecular complexity index is 1870. The van der Waals surface area contributed by atoms with Crippen LogP contribution in [0.3, 0.4) is 0 Å². The number of ether oxygens (including phenoxy) is 2. The van der Waals surface area contributed by atoms with Gasteiger partial charge in [-0.3, -0.25) is 14.5 Å². The Balaban J connectivity index is 1.68. The lowest BCUT2D eigenvalue weighted by atomic mass is 10.0. The van der Waals surface area contributed by atoms with Gasteiger partial charge in [0.2, 0.25) is 11.3 Å². The van der Waals surface area contributed by atoms with Gasteiger partial charge in [-0.15, -0.1) is 11.3 Å². The van der Waals surface area contributed by atoms with E-state index in [0.717, 1.165) is 21.6 Å². The van der Waals surface area contributed by atoms with Crippen LogP contribution in [0.1, 0.15) is 37.0 Å². The molecule has 0 aliphatic heterocycles. The monoisotopic (exact) mass is 627 g/mol. The number of hydrogen-bond acceptors (Lipinski definition) is 7. The highest BCUT2D eigenvalue weighted by molar-refractivity contribution is 7.22. The Kier molecular flexibility index (Phi) is 10.1. The number of pyridine rings is 1. The first kappa shape index (κ1) is 31.6. The zero-order valence-electron chi connectivity index (χ0n) is 25.3. The third kappa shape index (κ3) is 7.47. The molecule has 0 saturated carbocycles. The number of hydrogen-bond donors (Lipinski definition) is 1. The van der Waals surface area contributed by atoms with E-state index in [1.54, 1.807) is 36.6 Å². The first-order chi connectivity index (χ1) is 21.8. The zero-order chi connectivity index (χ0) is 31.9. The summed E-state index contributed by atoms with van der Waals surface area (Å²) in [4.78, 5) is 41.9. The average Bonchev–Trinajstić information content (AvgIpc) is 3.40. The van der Waals surface area contributed by atoms with E-state index in [-0.39, 0.29) is 30.6 Å². The summed E-state index contributed by atoms with van der Waals surface area (Å²) in [7, 11) is 1.97. The molecule has 3 aromatic carbocycles. The Morgan fingerprint density at radius 1 is 0.956 bits per heavy atom. The molecule has 0 spiro atoms. The number of aromatic nitrogens is 1. The molecule has 2 heterocycles. The van der Waals surface area contributed by atoms with Crippen LogP contribution < -0.4 is 15.5 Å². The van der Waals surface area contributed by atoms with Crippen LogP contribution >= 0.6 is 11.3 Å². The number of fused-ring (bicyclic) bond motifs is 1. The Morgan fingerprint density at radius 2 is 1.67 bits per heavy atom. The lowest BCUT2D eigenvalue weighted by Crippen LogP contribution is -2.21. The molecule has 2 aromatic heterocycles. The van der Waals surface area contributed by atoms with Crippen LogP contribution in [0.4, 0.5) is 14.9 Å². The number of benzene rings is 3. The van der Waals surface area contributed by atoms with Gasteiger partial charge in [-0.2, -0.15) is 0 Å². The van der Waals surface area contributed by atoms with Crippen LogP contribution in [0.2, 0.25) is 0 Å². The number of halogens is 1. The summed E-state index contributed by atoms with van der Waals surface area (Å²) < 4.78 is 26.9. The quantitative estimate of drug-likeness (QED) is 0.153. The summed E-state index contributed by atoms with van der Waals surface area (Å²) in [5.41, 5.74) is 3.33. The summed E-state index contributed by atoms with van der Waals surface area (Å²) in [5, 5.41) is 3.25. The van der Waals surface area contributed by atoms with E-state index in [2.05, 4.69) is 10.2 Å². The maximum absolute atomic E-state index is 14.8. The van der Waals surface area contributed by atoms with Crippen molar-refractivity contribution >= 4 is 39.3 Å². The molecule has 10 heteroatoms. The summed E-state index contributed by atoms with van der Waals surface area (Å²) in [5.74, 6) is -0.681. The molecule has 0 unspecified atom stereocenters. The summed E-state index contributed by atoms with van der Waals surface area (Å²) in [6, 6.07) is 23.9. The van der Waals surface area contributed by atoms with Crippen LogP contribution in [0, 0.1) is 5.82 Å². The number of carbonyl (C=O) groups is 2. The van der Waals surface area contributed by atoms with E-state index < -0.39 is 11.6 Å². The highest BCUT2D eigenvalue weighted by atomic mass is 32.1. The fourth-order valence-corrected chi connectivity index (χ4v) is 6.36. The van der Waals surface area contributed by atoms with Crippen molar-refractivity contribution in [3.8, 4) is 16.2 Å². The number of carbonyl (C=O) groups excluding carboxylic acids is 2. The second-order valence-corrected chi connectivity index (χ2v) is 11.6. The highest BCUT2D eigenvalue weighted by Crippen LogP contribution is 2.40. The Labute approximate surface area is 264 Å². The molecule has 5 aromatic rings. The average molecular weight is 628 g/mol. The van der Waals surface area contributed by atoms with Crippen molar-refractivity contribution in [2.24, 2.45) is 0 Å². The maximum atomic E-state index is 14.8. The second-order valence-electron chi connectivity index (χ2n) is 10.6. The smallest absolute Gasteiger partial charge is 0.434 e. The number of anilines is 1. The molecule has 45 heavy (non-hydrogen) atoms. The van der Waals surface area contributed by atoms with Crippen LogP contribution in [0.15, 0.2) is 89.9 Å². The van der Waals surface area contributed by atoms with Crippen molar-refractivity contribution in [3.05, 3.63) is 118 Å². The standard InChI is InChI=1S/C35H34FN3O5S/c1-4-30(40)37-26-17-15-24(16-18-26)33-27(21-38(3)19-23-11-7-6-8-12-23)31-32(41)29(44-35(42)43-5-2)22-39(34(31)45-33)20-25-13-9-10-14-28(25)36/h6-18,22H,4-5,19-21H2,1-3H3,(H,37,40). The molecule has 232 valence electrons. The minimum absolute atomic E-state index is 0.0807. The fourth-order valence-electron chi connectivity index (χ4n) is 5.07. The minimum atomic E-state index is -0.991. The largest absolute Gasteiger partial charge is 0.514 e. The summed E-state index contributed by atoms with van der Waals surface area (Å²) in [6.45, 7) is 4.64. The van der Waals surface area contributed by atoms with Gasteiger partial charge >= 0.3 is 6.16 Å². The maximum Gasteiger partial charge on any atom is 0.514 e. The van der Waals surface area contributed by atoms with Gasteiger partial charge in [0, 0.05) is 35.6 Å². The molecule has 0 atom stereocenters. The minimum Gasteiger partial charge on any atom is -0.434 e. The third-order valence-corrected chi connectivity index (χ3v) is 8.52. The van der Waals surface area contributed by atoms with Gasteiger partial charge in [0.15, 0.2) is 5.75 Å². The van der Waals surface area contributed by atoms with Gasteiger partial charge in [0.25, 0.3) is 0 Å². The number of nitrogens with one attached hydrogen (secondary N) is 1. The van der Waals surface area contributed by atoms with Crippen molar-refractivity contribution in [2.45, 2.75) is 39.9 Å². The van der Waals surface area contributed by atoms with E-state index in [9.17, 15) is 18.8 Å². The van der Waals surface area contributed by atoms with E-state index in [1.807, 2.05) is 61.6 Å². The molecule has 0 aliphatic carbocycles. The van der Waals surface area contributed by atoms with Gasteiger partial charge in [-0.1, -0.05) is 67.6 Å². The molecule has 0 bridgehead atoms. The normalized spacial score (nSPS) is 11.1. The van der Waals surface area contributed by atoms with E-state index in [4.69, 9.17) is 9.47 Å². The molecule has 8 nitrogen and oxygen atoms in total. The number of rotatable bonds is 11. The summed E-state index contributed by atoms with van der Waals surface area (Å²) in [6.07, 6.45) is 0.810.